The first-order chi connectivity index (χ1) is 16.1. The molecule has 3 aromatic carbocycles. The number of amidine groups is 1. The molecule has 162 valence electrons. The summed E-state index contributed by atoms with van der Waals surface area (Å²) in [6, 6.07) is 27.9. The maximum absolute atomic E-state index is 13.4. The molecule has 0 N–H and O–H groups in total. The molecular weight excluding hydrogens is 475 g/mol. The molecule has 1 aliphatic rings. The van der Waals surface area contributed by atoms with Crippen LogP contribution >= 0.6 is 35.0 Å². The van der Waals surface area contributed by atoms with E-state index in [2.05, 4.69) is 0 Å². The third-order valence-electron chi connectivity index (χ3n) is 4.85. The topological polar surface area (TPSA) is 45.8 Å². The van der Waals surface area contributed by atoms with E-state index in [1.54, 1.807) is 29.2 Å². The highest BCUT2D eigenvalue weighted by atomic mass is 35.5. The molecule has 1 saturated heterocycles. The largest absolute Gasteiger partial charge is 0.457 e. The summed E-state index contributed by atoms with van der Waals surface area (Å²) in [5.74, 6) is 0.996. The Kier molecular flexibility index (Phi) is 6.09. The molecule has 5 rings (SSSR count). The van der Waals surface area contributed by atoms with Gasteiger partial charge in [0.05, 0.1) is 16.3 Å². The maximum atomic E-state index is 13.4. The standard InChI is InChI=1S/C26H16Cl2N2O2S/c27-18-13-17(14-19(28)15-18)23-12-11-22(32-23)16-24-25(31)30(21-9-5-2-6-10-21)26(33-24)29-20-7-3-1-4-8-20/h1-16H/b24-16+,29-26?. The molecule has 2 heterocycles. The number of rotatable bonds is 4. The van der Waals surface area contributed by atoms with Crippen molar-refractivity contribution >= 4 is 63.5 Å². The van der Waals surface area contributed by atoms with Crippen molar-refractivity contribution in [3.8, 4) is 11.3 Å². The third-order valence-corrected chi connectivity index (χ3v) is 6.25. The SMILES string of the molecule is O=C1/C(=C\c2ccc(-c3cc(Cl)cc(Cl)c3)o2)SC(=Nc2ccccc2)N1c1ccccc1. The van der Waals surface area contributed by atoms with E-state index in [9.17, 15) is 4.79 Å². The minimum absolute atomic E-state index is 0.162. The van der Waals surface area contributed by atoms with Gasteiger partial charge in [0.25, 0.3) is 5.91 Å². The second kappa shape index (κ2) is 9.32. The van der Waals surface area contributed by atoms with Crippen LogP contribution in [0.3, 0.4) is 0 Å². The highest BCUT2D eigenvalue weighted by Crippen LogP contribution is 2.38. The van der Waals surface area contributed by atoms with Gasteiger partial charge in [-0.3, -0.25) is 9.69 Å². The second-order valence-electron chi connectivity index (χ2n) is 7.18. The lowest BCUT2D eigenvalue weighted by molar-refractivity contribution is -0.113. The molecule has 1 aromatic heterocycles. The van der Waals surface area contributed by atoms with Crippen molar-refractivity contribution in [2.75, 3.05) is 4.90 Å². The van der Waals surface area contributed by atoms with Gasteiger partial charge in [-0.2, -0.15) is 0 Å². The predicted molar refractivity (Wildman–Crippen MR) is 137 cm³/mol. The summed E-state index contributed by atoms with van der Waals surface area (Å²) >= 11 is 13.5. The molecule has 0 radical (unpaired) electrons. The lowest BCUT2D eigenvalue weighted by atomic mass is 10.2. The fourth-order valence-corrected chi connectivity index (χ4v) is 4.88. The number of anilines is 1. The summed E-state index contributed by atoms with van der Waals surface area (Å²) in [6.45, 7) is 0. The minimum atomic E-state index is -0.162. The zero-order chi connectivity index (χ0) is 22.8. The van der Waals surface area contributed by atoms with Crippen molar-refractivity contribution in [1.82, 2.24) is 0 Å². The Morgan fingerprint density at radius 1 is 0.848 bits per heavy atom. The molecular formula is C26H16Cl2N2O2S. The van der Waals surface area contributed by atoms with E-state index in [1.165, 1.54) is 11.8 Å². The highest BCUT2D eigenvalue weighted by molar-refractivity contribution is 8.19. The van der Waals surface area contributed by atoms with Crippen molar-refractivity contribution in [1.29, 1.82) is 0 Å². The van der Waals surface area contributed by atoms with Crippen molar-refractivity contribution in [2.45, 2.75) is 0 Å². The number of carbonyl (C=O) groups excluding carboxylic acids is 1. The number of amides is 1. The molecule has 0 unspecified atom stereocenters. The third kappa shape index (κ3) is 4.76. The monoisotopic (exact) mass is 490 g/mol. The summed E-state index contributed by atoms with van der Waals surface area (Å²) in [6.07, 6.45) is 1.73. The molecule has 7 heteroatoms. The Hall–Kier alpha value is -3.25. The molecule has 0 aliphatic carbocycles. The minimum Gasteiger partial charge on any atom is -0.457 e. The smallest absolute Gasteiger partial charge is 0.271 e. The van der Waals surface area contributed by atoms with Crippen LogP contribution in [0.15, 0.2) is 105 Å². The number of hydrogen-bond donors (Lipinski definition) is 0. The molecule has 1 amide bonds. The van der Waals surface area contributed by atoms with Crippen molar-refractivity contribution in [3.63, 3.8) is 0 Å². The number of hydrogen-bond acceptors (Lipinski definition) is 4. The zero-order valence-electron chi connectivity index (χ0n) is 17.1. The van der Waals surface area contributed by atoms with Crippen LogP contribution in [-0.4, -0.2) is 11.1 Å². The Labute approximate surface area is 205 Å². The Morgan fingerprint density at radius 3 is 2.21 bits per heavy atom. The van der Waals surface area contributed by atoms with Gasteiger partial charge in [0, 0.05) is 21.7 Å². The van der Waals surface area contributed by atoms with Gasteiger partial charge in [-0.05, 0) is 66.4 Å². The Balaban J connectivity index is 1.50. The van der Waals surface area contributed by atoms with Gasteiger partial charge in [0.2, 0.25) is 0 Å². The molecule has 4 aromatic rings. The van der Waals surface area contributed by atoms with Gasteiger partial charge in [-0.25, -0.2) is 4.99 Å². The predicted octanol–water partition coefficient (Wildman–Crippen LogP) is 8.06. The van der Waals surface area contributed by atoms with E-state index < -0.39 is 0 Å². The number of furan rings is 1. The number of nitrogens with zero attached hydrogens (tertiary/aromatic N) is 2. The summed E-state index contributed by atoms with van der Waals surface area (Å²) in [5.41, 5.74) is 2.29. The van der Waals surface area contributed by atoms with Crippen LogP contribution in [0.4, 0.5) is 11.4 Å². The molecule has 0 saturated carbocycles. The molecule has 1 fully saturated rings. The number of carbonyl (C=O) groups is 1. The van der Waals surface area contributed by atoms with E-state index in [1.807, 2.05) is 72.8 Å². The average Bonchev–Trinajstić information content (AvgIpc) is 3.39. The fraction of sp³-hybridized carbons (Fsp3) is 0. The van der Waals surface area contributed by atoms with Crippen molar-refractivity contribution in [2.24, 2.45) is 4.99 Å². The van der Waals surface area contributed by atoms with E-state index >= 15 is 0 Å². The Bertz CT molecular complexity index is 1360. The molecule has 0 spiro atoms. The van der Waals surface area contributed by atoms with Gasteiger partial charge in [-0.15, -0.1) is 0 Å². The summed E-state index contributed by atoms with van der Waals surface area (Å²) < 4.78 is 5.97. The molecule has 1 aliphatic heterocycles. The first kappa shape index (κ1) is 21.6. The van der Waals surface area contributed by atoms with E-state index in [4.69, 9.17) is 32.6 Å². The number of aliphatic imine (C=N–C) groups is 1. The second-order valence-corrected chi connectivity index (χ2v) is 9.06. The summed E-state index contributed by atoms with van der Waals surface area (Å²) in [7, 11) is 0. The van der Waals surface area contributed by atoms with Crippen LogP contribution in [0.1, 0.15) is 5.76 Å². The number of para-hydroxylation sites is 2. The van der Waals surface area contributed by atoms with Crippen molar-refractivity contribution in [3.05, 3.63) is 112 Å². The molecule has 0 bridgehead atoms. The van der Waals surface area contributed by atoms with Crippen LogP contribution in [-0.2, 0) is 4.79 Å². The van der Waals surface area contributed by atoms with Gasteiger partial charge >= 0.3 is 0 Å². The van der Waals surface area contributed by atoms with E-state index in [0.29, 0.717) is 31.6 Å². The lowest BCUT2D eigenvalue weighted by Crippen LogP contribution is -2.28. The fourth-order valence-electron chi connectivity index (χ4n) is 3.38. The summed E-state index contributed by atoms with van der Waals surface area (Å²) in [4.78, 5) is 20.2. The maximum Gasteiger partial charge on any atom is 0.271 e. The van der Waals surface area contributed by atoms with Crippen LogP contribution in [0.25, 0.3) is 17.4 Å². The average molecular weight is 491 g/mol. The number of halogens is 2. The lowest BCUT2D eigenvalue weighted by Gasteiger charge is -2.15. The van der Waals surface area contributed by atoms with Crippen LogP contribution in [0.5, 0.6) is 0 Å². The molecule has 4 nitrogen and oxygen atoms in total. The highest BCUT2D eigenvalue weighted by Gasteiger charge is 2.35. The van der Waals surface area contributed by atoms with Crippen LogP contribution in [0.2, 0.25) is 10.0 Å². The van der Waals surface area contributed by atoms with Crippen molar-refractivity contribution < 1.29 is 9.21 Å². The zero-order valence-corrected chi connectivity index (χ0v) is 19.4. The van der Waals surface area contributed by atoms with E-state index in [-0.39, 0.29) is 5.91 Å². The normalized spacial score (nSPS) is 16.2. The Morgan fingerprint density at radius 2 is 1.52 bits per heavy atom. The number of benzene rings is 3. The number of thioether (sulfide) groups is 1. The van der Waals surface area contributed by atoms with Crippen LogP contribution in [0, 0.1) is 0 Å². The van der Waals surface area contributed by atoms with Gasteiger partial charge in [-0.1, -0.05) is 59.6 Å². The first-order valence-electron chi connectivity index (χ1n) is 10.1. The first-order valence-corrected chi connectivity index (χ1v) is 11.6. The molecule has 33 heavy (non-hydrogen) atoms. The van der Waals surface area contributed by atoms with Gasteiger partial charge < -0.3 is 4.42 Å². The van der Waals surface area contributed by atoms with E-state index in [0.717, 1.165) is 16.9 Å². The van der Waals surface area contributed by atoms with Gasteiger partial charge in [0.1, 0.15) is 11.5 Å². The quantitative estimate of drug-likeness (QED) is 0.271. The summed E-state index contributed by atoms with van der Waals surface area (Å²) in [5, 5.41) is 1.63. The van der Waals surface area contributed by atoms with Crippen LogP contribution < -0.4 is 4.90 Å². The van der Waals surface area contributed by atoms with Gasteiger partial charge in [0.15, 0.2) is 5.17 Å². The molecule has 0 atom stereocenters.